The number of hydrogen-bond donors (Lipinski definition) is 2. The molecule has 2 rings (SSSR count). The SMILES string of the molecule is Cc1cccc(NCC(=O)NN=Cc2ccc(Cl)c(Cl)c2)c1. The molecule has 0 radical (unpaired) electrons. The van der Waals surface area contributed by atoms with Crippen LogP contribution in [-0.4, -0.2) is 18.7 Å². The number of aryl methyl sites for hydroxylation is 1. The number of nitrogens with zero attached hydrogens (tertiary/aromatic N) is 1. The molecule has 0 aliphatic rings. The van der Waals surface area contributed by atoms with Crippen LogP contribution in [0.3, 0.4) is 0 Å². The Morgan fingerprint density at radius 2 is 2.00 bits per heavy atom. The van der Waals surface area contributed by atoms with E-state index in [1.54, 1.807) is 18.2 Å². The molecule has 22 heavy (non-hydrogen) atoms. The van der Waals surface area contributed by atoms with Crippen molar-refractivity contribution in [2.24, 2.45) is 5.10 Å². The highest BCUT2D eigenvalue weighted by Crippen LogP contribution is 2.21. The van der Waals surface area contributed by atoms with Crippen molar-refractivity contribution < 1.29 is 4.79 Å². The maximum atomic E-state index is 11.7. The molecule has 0 bridgehead atoms. The predicted octanol–water partition coefficient (Wildman–Crippen LogP) is 3.86. The van der Waals surface area contributed by atoms with Crippen LogP contribution in [0.15, 0.2) is 47.6 Å². The molecule has 0 unspecified atom stereocenters. The molecule has 0 saturated heterocycles. The van der Waals surface area contributed by atoms with E-state index in [4.69, 9.17) is 23.2 Å². The fourth-order valence-electron chi connectivity index (χ4n) is 1.75. The number of rotatable bonds is 5. The van der Waals surface area contributed by atoms with Crippen LogP contribution in [-0.2, 0) is 4.79 Å². The quantitative estimate of drug-likeness (QED) is 0.643. The van der Waals surface area contributed by atoms with Crippen LogP contribution in [0, 0.1) is 6.92 Å². The zero-order chi connectivity index (χ0) is 15.9. The molecule has 0 aliphatic carbocycles. The Balaban J connectivity index is 1.82. The van der Waals surface area contributed by atoms with Gasteiger partial charge in [0.15, 0.2) is 0 Å². The largest absolute Gasteiger partial charge is 0.376 e. The number of hydrogen-bond acceptors (Lipinski definition) is 3. The third-order valence-corrected chi connectivity index (χ3v) is 3.56. The Hall–Kier alpha value is -2.04. The van der Waals surface area contributed by atoms with E-state index < -0.39 is 0 Å². The van der Waals surface area contributed by atoms with Gasteiger partial charge in [0.25, 0.3) is 5.91 Å². The molecule has 0 heterocycles. The second-order valence-electron chi connectivity index (χ2n) is 4.69. The van der Waals surface area contributed by atoms with E-state index in [0.29, 0.717) is 10.0 Å². The number of benzene rings is 2. The fraction of sp³-hybridized carbons (Fsp3) is 0.125. The van der Waals surface area contributed by atoms with Crippen LogP contribution in [0.25, 0.3) is 0 Å². The smallest absolute Gasteiger partial charge is 0.259 e. The van der Waals surface area contributed by atoms with Crippen LogP contribution in [0.4, 0.5) is 5.69 Å². The highest BCUT2D eigenvalue weighted by atomic mass is 35.5. The molecular weight excluding hydrogens is 321 g/mol. The van der Waals surface area contributed by atoms with Crippen molar-refractivity contribution in [1.29, 1.82) is 0 Å². The lowest BCUT2D eigenvalue weighted by Crippen LogP contribution is -2.25. The summed E-state index contributed by atoms with van der Waals surface area (Å²) in [7, 11) is 0. The summed E-state index contributed by atoms with van der Waals surface area (Å²) in [5.41, 5.74) is 5.21. The average Bonchev–Trinajstić information content (AvgIpc) is 2.49. The minimum Gasteiger partial charge on any atom is -0.376 e. The topological polar surface area (TPSA) is 53.5 Å². The van der Waals surface area contributed by atoms with Crippen molar-refractivity contribution in [3.63, 3.8) is 0 Å². The van der Waals surface area contributed by atoms with E-state index in [-0.39, 0.29) is 12.5 Å². The number of carbonyl (C=O) groups is 1. The third-order valence-electron chi connectivity index (χ3n) is 2.82. The van der Waals surface area contributed by atoms with E-state index in [9.17, 15) is 4.79 Å². The molecule has 1 amide bonds. The van der Waals surface area contributed by atoms with Crippen molar-refractivity contribution in [2.75, 3.05) is 11.9 Å². The van der Waals surface area contributed by atoms with Gasteiger partial charge in [0.1, 0.15) is 0 Å². The Morgan fingerprint density at radius 3 is 2.73 bits per heavy atom. The van der Waals surface area contributed by atoms with Crippen molar-refractivity contribution in [1.82, 2.24) is 5.43 Å². The first-order valence-corrected chi connectivity index (χ1v) is 7.38. The third kappa shape index (κ3) is 5.06. The average molecular weight is 336 g/mol. The Kier molecular flexibility index (Phi) is 5.81. The van der Waals surface area contributed by atoms with Crippen molar-refractivity contribution in [2.45, 2.75) is 6.92 Å². The van der Waals surface area contributed by atoms with Gasteiger partial charge >= 0.3 is 0 Å². The lowest BCUT2D eigenvalue weighted by molar-refractivity contribution is -0.119. The zero-order valence-electron chi connectivity index (χ0n) is 11.9. The summed E-state index contributed by atoms with van der Waals surface area (Å²) in [5.74, 6) is -0.238. The van der Waals surface area contributed by atoms with Gasteiger partial charge < -0.3 is 5.32 Å². The number of amides is 1. The monoisotopic (exact) mass is 335 g/mol. The molecule has 2 aromatic rings. The summed E-state index contributed by atoms with van der Waals surface area (Å²) in [5, 5.41) is 7.82. The van der Waals surface area contributed by atoms with Gasteiger partial charge in [0, 0.05) is 5.69 Å². The molecular formula is C16H15Cl2N3O. The Morgan fingerprint density at radius 1 is 1.18 bits per heavy atom. The molecule has 114 valence electrons. The van der Waals surface area contributed by atoms with Gasteiger partial charge in [-0.05, 0) is 42.3 Å². The maximum absolute atomic E-state index is 11.7. The lowest BCUT2D eigenvalue weighted by atomic mass is 10.2. The highest BCUT2D eigenvalue weighted by Gasteiger charge is 2.00. The molecule has 0 aromatic heterocycles. The Bertz CT molecular complexity index is 702. The van der Waals surface area contributed by atoms with Gasteiger partial charge in [-0.3, -0.25) is 4.79 Å². The molecule has 4 nitrogen and oxygen atoms in total. The molecule has 0 saturated carbocycles. The fourth-order valence-corrected chi connectivity index (χ4v) is 2.05. The van der Waals surface area contributed by atoms with E-state index in [1.165, 1.54) is 6.21 Å². The molecule has 0 atom stereocenters. The van der Waals surface area contributed by atoms with Crippen LogP contribution in [0.1, 0.15) is 11.1 Å². The van der Waals surface area contributed by atoms with Crippen molar-refractivity contribution in [3.05, 3.63) is 63.6 Å². The summed E-state index contributed by atoms with van der Waals surface area (Å²) >= 11 is 11.7. The van der Waals surface area contributed by atoms with Crippen LogP contribution in [0.5, 0.6) is 0 Å². The molecule has 0 fully saturated rings. The second kappa shape index (κ2) is 7.82. The summed E-state index contributed by atoms with van der Waals surface area (Å²) in [6, 6.07) is 12.9. The van der Waals surface area contributed by atoms with E-state index in [1.807, 2.05) is 31.2 Å². The normalized spacial score (nSPS) is 10.7. The van der Waals surface area contributed by atoms with Gasteiger partial charge in [-0.15, -0.1) is 0 Å². The number of halogens is 2. The first-order chi connectivity index (χ1) is 10.5. The number of hydrazone groups is 1. The first-order valence-electron chi connectivity index (χ1n) is 6.62. The molecule has 6 heteroatoms. The summed E-state index contributed by atoms with van der Waals surface area (Å²) in [6.45, 7) is 2.13. The zero-order valence-corrected chi connectivity index (χ0v) is 13.4. The van der Waals surface area contributed by atoms with Gasteiger partial charge in [-0.2, -0.15) is 5.10 Å². The standard InChI is InChI=1S/C16H15Cl2N3O/c1-11-3-2-4-13(7-11)19-10-16(22)21-20-9-12-5-6-14(17)15(18)8-12/h2-9,19H,10H2,1H3,(H,21,22). The van der Waals surface area contributed by atoms with E-state index in [0.717, 1.165) is 16.8 Å². The highest BCUT2D eigenvalue weighted by molar-refractivity contribution is 6.42. The van der Waals surface area contributed by atoms with E-state index >= 15 is 0 Å². The van der Waals surface area contributed by atoms with Gasteiger partial charge in [-0.25, -0.2) is 5.43 Å². The van der Waals surface area contributed by atoms with Crippen molar-refractivity contribution >= 4 is 41.0 Å². The molecule has 0 spiro atoms. The summed E-state index contributed by atoms with van der Waals surface area (Å²) in [6.07, 6.45) is 1.51. The van der Waals surface area contributed by atoms with E-state index in [2.05, 4.69) is 15.8 Å². The van der Waals surface area contributed by atoms with Crippen LogP contribution < -0.4 is 10.7 Å². The van der Waals surface area contributed by atoms with Crippen LogP contribution >= 0.6 is 23.2 Å². The summed E-state index contributed by atoms with van der Waals surface area (Å²) in [4.78, 5) is 11.7. The van der Waals surface area contributed by atoms with Gasteiger partial charge in [-0.1, -0.05) is 41.4 Å². The predicted molar refractivity (Wildman–Crippen MR) is 91.9 cm³/mol. The van der Waals surface area contributed by atoms with Crippen LogP contribution in [0.2, 0.25) is 10.0 Å². The number of anilines is 1. The Labute approximate surface area is 139 Å². The first kappa shape index (κ1) is 16.3. The maximum Gasteiger partial charge on any atom is 0.259 e. The summed E-state index contributed by atoms with van der Waals surface area (Å²) < 4.78 is 0. The lowest BCUT2D eigenvalue weighted by Gasteiger charge is -2.05. The number of nitrogens with one attached hydrogen (secondary N) is 2. The minimum atomic E-state index is -0.238. The molecule has 0 aliphatic heterocycles. The van der Waals surface area contributed by atoms with Gasteiger partial charge in [0.2, 0.25) is 0 Å². The number of carbonyl (C=O) groups excluding carboxylic acids is 1. The molecule has 2 aromatic carbocycles. The van der Waals surface area contributed by atoms with Crippen molar-refractivity contribution in [3.8, 4) is 0 Å². The minimum absolute atomic E-state index is 0.141. The second-order valence-corrected chi connectivity index (χ2v) is 5.50. The molecule has 2 N–H and O–H groups in total. The van der Waals surface area contributed by atoms with Gasteiger partial charge in [0.05, 0.1) is 22.8 Å².